The van der Waals surface area contributed by atoms with E-state index in [1.165, 1.54) is 11.3 Å². The first-order valence-electron chi connectivity index (χ1n) is 5.77. The zero-order valence-electron chi connectivity index (χ0n) is 10.3. The summed E-state index contributed by atoms with van der Waals surface area (Å²) in [6.07, 6.45) is 3.09. The zero-order chi connectivity index (χ0) is 14.4. The van der Waals surface area contributed by atoms with Crippen molar-refractivity contribution < 1.29 is 14.3 Å². The van der Waals surface area contributed by atoms with Crippen LogP contribution in [-0.4, -0.2) is 30.0 Å². The SMILES string of the molecule is O=C(NCCOC(=O)c1ccc(Br)s1)c1ccncc1. The molecule has 7 heteroatoms. The molecule has 0 saturated heterocycles. The van der Waals surface area contributed by atoms with Gasteiger partial charge in [0.05, 0.1) is 10.3 Å². The van der Waals surface area contributed by atoms with Crippen LogP contribution in [0.4, 0.5) is 0 Å². The van der Waals surface area contributed by atoms with E-state index in [9.17, 15) is 9.59 Å². The van der Waals surface area contributed by atoms with Crippen molar-refractivity contribution in [2.75, 3.05) is 13.2 Å². The summed E-state index contributed by atoms with van der Waals surface area (Å²) in [5.41, 5.74) is 0.522. The fourth-order valence-electron chi connectivity index (χ4n) is 1.41. The Morgan fingerprint density at radius 3 is 2.65 bits per heavy atom. The van der Waals surface area contributed by atoms with Gasteiger partial charge in [0.15, 0.2) is 0 Å². The minimum atomic E-state index is -0.390. The summed E-state index contributed by atoms with van der Waals surface area (Å²) in [5, 5.41) is 2.66. The van der Waals surface area contributed by atoms with Crippen molar-refractivity contribution in [3.05, 3.63) is 50.9 Å². The number of thiophene rings is 1. The molecule has 104 valence electrons. The second-order valence-electron chi connectivity index (χ2n) is 3.73. The maximum Gasteiger partial charge on any atom is 0.348 e. The Labute approximate surface area is 128 Å². The second-order valence-corrected chi connectivity index (χ2v) is 6.19. The number of ether oxygens (including phenoxy) is 1. The van der Waals surface area contributed by atoms with Gasteiger partial charge in [-0.2, -0.15) is 0 Å². The first kappa shape index (κ1) is 14.7. The molecule has 0 aliphatic carbocycles. The molecule has 0 aliphatic rings. The fourth-order valence-corrected chi connectivity index (χ4v) is 2.69. The Hall–Kier alpha value is -1.73. The molecule has 0 spiro atoms. The van der Waals surface area contributed by atoms with Crippen LogP contribution in [0.2, 0.25) is 0 Å². The predicted molar refractivity (Wildman–Crippen MR) is 78.9 cm³/mol. The molecule has 2 rings (SSSR count). The minimum absolute atomic E-state index is 0.130. The van der Waals surface area contributed by atoms with Crippen molar-refractivity contribution in [1.29, 1.82) is 0 Å². The van der Waals surface area contributed by atoms with Gasteiger partial charge in [-0.15, -0.1) is 11.3 Å². The molecular formula is C13H11BrN2O3S. The highest BCUT2D eigenvalue weighted by Crippen LogP contribution is 2.22. The van der Waals surface area contributed by atoms with Crippen molar-refractivity contribution >= 4 is 39.1 Å². The van der Waals surface area contributed by atoms with Gasteiger partial charge >= 0.3 is 5.97 Å². The highest BCUT2D eigenvalue weighted by Gasteiger charge is 2.10. The third kappa shape index (κ3) is 4.14. The van der Waals surface area contributed by atoms with Gasteiger partial charge in [-0.05, 0) is 40.2 Å². The molecule has 1 N–H and O–H groups in total. The van der Waals surface area contributed by atoms with Gasteiger partial charge in [-0.3, -0.25) is 9.78 Å². The van der Waals surface area contributed by atoms with Gasteiger partial charge in [-0.25, -0.2) is 4.79 Å². The number of carbonyl (C=O) groups is 2. The van der Waals surface area contributed by atoms with Crippen LogP contribution in [0.5, 0.6) is 0 Å². The van der Waals surface area contributed by atoms with Crippen LogP contribution in [0.1, 0.15) is 20.0 Å². The lowest BCUT2D eigenvalue weighted by Crippen LogP contribution is -2.27. The van der Waals surface area contributed by atoms with Crippen LogP contribution in [0.25, 0.3) is 0 Å². The highest BCUT2D eigenvalue weighted by atomic mass is 79.9. The normalized spacial score (nSPS) is 10.1. The second kappa shape index (κ2) is 7.16. The number of esters is 1. The summed E-state index contributed by atoms with van der Waals surface area (Å²) in [4.78, 5) is 27.7. The number of rotatable bonds is 5. The van der Waals surface area contributed by atoms with Gasteiger partial charge in [0, 0.05) is 18.0 Å². The molecule has 0 saturated carbocycles. The van der Waals surface area contributed by atoms with Gasteiger partial charge in [0.1, 0.15) is 11.5 Å². The van der Waals surface area contributed by atoms with Gasteiger partial charge in [-0.1, -0.05) is 0 Å². The molecular weight excluding hydrogens is 344 g/mol. The van der Waals surface area contributed by atoms with Crippen molar-refractivity contribution in [2.24, 2.45) is 0 Å². The summed E-state index contributed by atoms with van der Waals surface area (Å²) in [7, 11) is 0. The molecule has 0 radical (unpaired) electrons. The lowest BCUT2D eigenvalue weighted by atomic mass is 10.2. The number of halogens is 1. The highest BCUT2D eigenvalue weighted by molar-refractivity contribution is 9.11. The number of carbonyl (C=O) groups excluding carboxylic acids is 2. The Kier molecular flexibility index (Phi) is 5.25. The van der Waals surface area contributed by atoms with Crippen LogP contribution in [0.3, 0.4) is 0 Å². The quantitative estimate of drug-likeness (QED) is 0.661. The van der Waals surface area contributed by atoms with Crippen LogP contribution < -0.4 is 5.32 Å². The Morgan fingerprint density at radius 2 is 2.00 bits per heavy atom. The van der Waals surface area contributed by atoms with E-state index in [0.717, 1.165) is 3.79 Å². The van der Waals surface area contributed by atoms with Crippen molar-refractivity contribution in [3.8, 4) is 0 Å². The smallest absolute Gasteiger partial charge is 0.348 e. The Balaban J connectivity index is 1.72. The average molecular weight is 355 g/mol. The number of amides is 1. The van der Waals surface area contributed by atoms with E-state index in [0.29, 0.717) is 10.4 Å². The summed E-state index contributed by atoms with van der Waals surface area (Å²) >= 11 is 4.58. The fraction of sp³-hybridized carbons (Fsp3) is 0.154. The lowest BCUT2D eigenvalue weighted by Gasteiger charge is -2.05. The van der Waals surface area contributed by atoms with Gasteiger partial charge < -0.3 is 10.1 Å². The molecule has 0 atom stereocenters. The third-order valence-electron chi connectivity index (χ3n) is 2.34. The lowest BCUT2D eigenvalue weighted by molar-refractivity contribution is 0.0509. The van der Waals surface area contributed by atoms with Crippen LogP contribution >= 0.6 is 27.3 Å². The van der Waals surface area contributed by atoms with Gasteiger partial charge in [0.2, 0.25) is 0 Å². The molecule has 5 nitrogen and oxygen atoms in total. The molecule has 20 heavy (non-hydrogen) atoms. The maximum absolute atomic E-state index is 11.7. The third-order valence-corrected chi connectivity index (χ3v) is 3.94. The van der Waals surface area contributed by atoms with E-state index in [-0.39, 0.29) is 25.0 Å². The van der Waals surface area contributed by atoms with E-state index in [1.807, 2.05) is 0 Å². The van der Waals surface area contributed by atoms with E-state index >= 15 is 0 Å². The molecule has 2 heterocycles. The van der Waals surface area contributed by atoms with E-state index in [4.69, 9.17) is 4.74 Å². The molecule has 1 amide bonds. The number of hydrogen-bond acceptors (Lipinski definition) is 5. The molecule has 0 unspecified atom stereocenters. The monoisotopic (exact) mass is 354 g/mol. The van der Waals surface area contributed by atoms with Crippen molar-refractivity contribution in [2.45, 2.75) is 0 Å². The Morgan fingerprint density at radius 1 is 1.25 bits per heavy atom. The Bertz CT molecular complexity index is 601. The van der Waals surface area contributed by atoms with Crippen LogP contribution in [0, 0.1) is 0 Å². The largest absolute Gasteiger partial charge is 0.460 e. The molecule has 0 fully saturated rings. The molecule has 0 aromatic carbocycles. The van der Waals surface area contributed by atoms with Crippen LogP contribution in [-0.2, 0) is 4.74 Å². The summed E-state index contributed by atoms with van der Waals surface area (Å²) in [5.74, 6) is -0.610. The summed E-state index contributed by atoms with van der Waals surface area (Å²) < 4.78 is 5.92. The number of hydrogen-bond donors (Lipinski definition) is 1. The summed E-state index contributed by atoms with van der Waals surface area (Å²) in [6.45, 7) is 0.393. The first-order chi connectivity index (χ1) is 9.66. The topological polar surface area (TPSA) is 68.3 Å². The molecule has 2 aromatic heterocycles. The van der Waals surface area contributed by atoms with Crippen molar-refractivity contribution in [1.82, 2.24) is 10.3 Å². The number of nitrogens with zero attached hydrogens (tertiary/aromatic N) is 1. The average Bonchev–Trinajstić information content (AvgIpc) is 2.91. The first-order valence-corrected chi connectivity index (χ1v) is 7.38. The van der Waals surface area contributed by atoms with E-state index in [1.54, 1.807) is 36.7 Å². The predicted octanol–water partition coefficient (Wildman–Crippen LogP) is 2.49. The van der Waals surface area contributed by atoms with E-state index in [2.05, 4.69) is 26.2 Å². The molecule has 0 aliphatic heterocycles. The van der Waals surface area contributed by atoms with Crippen LogP contribution in [0.15, 0.2) is 40.4 Å². The molecule has 0 bridgehead atoms. The standard InChI is InChI=1S/C13H11BrN2O3S/c14-11-2-1-10(20-11)13(18)19-8-7-16-12(17)9-3-5-15-6-4-9/h1-6H,7-8H2,(H,16,17). The molecule has 2 aromatic rings. The van der Waals surface area contributed by atoms with Gasteiger partial charge in [0.25, 0.3) is 5.91 Å². The summed E-state index contributed by atoms with van der Waals surface area (Å²) in [6, 6.07) is 6.70. The zero-order valence-corrected chi connectivity index (χ0v) is 12.7. The minimum Gasteiger partial charge on any atom is -0.460 e. The van der Waals surface area contributed by atoms with Crippen molar-refractivity contribution in [3.63, 3.8) is 0 Å². The van der Waals surface area contributed by atoms with E-state index < -0.39 is 0 Å². The maximum atomic E-state index is 11.7. The number of pyridine rings is 1. The number of nitrogens with one attached hydrogen (secondary N) is 1. The number of aromatic nitrogens is 1.